The second-order valence-electron chi connectivity index (χ2n) is 9.19. The zero-order valence-corrected chi connectivity index (χ0v) is 22.3. The Morgan fingerprint density at radius 2 is 1.82 bits per heavy atom. The van der Waals surface area contributed by atoms with Crippen LogP contribution in [0.4, 0.5) is 4.79 Å². The van der Waals surface area contributed by atoms with E-state index in [1.165, 1.54) is 22.3 Å². The third-order valence-corrected chi connectivity index (χ3v) is 6.61. The number of hydrogen-bond donors (Lipinski definition) is 0. The molecule has 0 spiro atoms. The molecule has 1 unspecified atom stereocenters. The van der Waals surface area contributed by atoms with Crippen molar-refractivity contribution in [1.29, 1.82) is 0 Å². The highest BCUT2D eigenvalue weighted by atomic mass is 79.9. The van der Waals surface area contributed by atoms with E-state index in [9.17, 15) is 4.79 Å². The van der Waals surface area contributed by atoms with Crippen molar-refractivity contribution in [2.75, 3.05) is 26.2 Å². The summed E-state index contributed by atoms with van der Waals surface area (Å²) in [6.07, 6.45) is 5.68. The van der Waals surface area contributed by atoms with Crippen LogP contribution in [0, 0.1) is 0 Å². The maximum Gasteiger partial charge on any atom is 0.410 e. The number of amides is 1. The Balaban J connectivity index is 0.00000187. The smallest absolute Gasteiger partial charge is 0.410 e. The lowest BCUT2D eigenvalue weighted by Gasteiger charge is -2.40. The van der Waals surface area contributed by atoms with Crippen LogP contribution in [0.1, 0.15) is 51.3 Å². The molecule has 180 valence electrons. The summed E-state index contributed by atoms with van der Waals surface area (Å²) in [5, 5.41) is 0.774. The third-order valence-electron chi connectivity index (χ3n) is 5.82. The summed E-state index contributed by atoms with van der Waals surface area (Å²) in [6, 6.07) is 6.41. The van der Waals surface area contributed by atoms with E-state index in [0.717, 1.165) is 35.4 Å². The molecule has 1 aliphatic heterocycles. The fourth-order valence-electron chi connectivity index (χ4n) is 4.30. The van der Waals surface area contributed by atoms with Crippen molar-refractivity contribution in [1.82, 2.24) is 9.80 Å². The summed E-state index contributed by atoms with van der Waals surface area (Å²) in [5.74, 6) is 0. The number of carbonyl (C=O) groups is 2. The Hall–Kier alpha value is -1.89. The van der Waals surface area contributed by atoms with Gasteiger partial charge in [0, 0.05) is 35.7 Å². The van der Waals surface area contributed by atoms with E-state index in [-0.39, 0.29) is 12.1 Å². The topological polar surface area (TPSA) is 49.9 Å². The van der Waals surface area contributed by atoms with Crippen LogP contribution in [-0.4, -0.2) is 54.5 Å². The molecule has 5 nitrogen and oxygen atoms in total. The van der Waals surface area contributed by atoms with Gasteiger partial charge >= 0.3 is 6.09 Å². The molecule has 0 saturated carbocycles. The van der Waals surface area contributed by atoms with Crippen LogP contribution in [0.2, 0.25) is 5.02 Å². The second-order valence-corrected chi connectivity index (χ2v) is 10.5. The van der Waals surface area contributed by atoms with Gasteiger partial charge in [0.1, 0.15) is 12.4 Å². The predicted molar refractivity (Wildman–Crippen MR) is 139 cm³/mol. The Labute approximate surface area is 211 Å². The minimum absolute atomic E-state index is 0.159. The quantitative estimate of drug-likeness (QED) is 0.414. The number of rotatable bonds is 3. The summed E-state index contributed by atoms with van der Waals surface area (Å²) in [5.41, 5.74) is 4.78. The minimum Gasteiger partial charge on any atom is -0.444 e. The number of ether oxygens (including phenoxy) is 1. The molecule has 0 bridgehead atoms. The zero-order valence-electron chi connectivity index (χ0n) is 20.0. The molecule has 1 amide bonds. The number of allylic oxidation sites excluding steroid dienone is 4. The highest BCUT2D eigenvalue weighted by Crippen LogP contribution is 2.39. The van der Waals surface area contributed by atoms with Crippen molar-refractivity contribution in [3.05, 3.63) is 68.7 Å². The van der Waals surface area contributed by atoms with Crippen LogP contribution in [0.5, 0.6) is 0 Å². The second kappa shape index (κ2) is 12.0. The van der Waals surface area contributed by atoms with E-state index in [1.54, 1.807) is 0 Å². The van der Waals surface area contributed by atoms with Crippen molar-refractivity contribution in [2.45, 2.75) is 52.2 Å². The van der Waals surface area contributed by atoms with E-state index in [0.29, 0.717) is 13.1 Å². The fraction of sp³-hybridized carbons (Fsp3) is 0.462. The van der Waals surface area contributed by atoms with Gasteiger partial charge in [-0.1, -0.05) is 46.3 Å². The minimum atomic E-state index is -0.479. The van der Waals surface area contributed by atoms with Crippen LogP contribution >= 0.6 is 27.5 Å². The van der Waals surface area contributed by atoms with Crippen molar-refractivity contribution in [2.24, 2.45) is 0 Å². The average molecular weight is 538 g/mol. The summed E-state index contributed by atoms with van der Waals surface area (Å²) in [4.78, 5) is 24.8. The number of halogens is 2. The largest absolute Gasteiger partial charge is 0.444 e. The molecule has 0 N–H and O–H groups in total. The highest BCUT2D eigenvalue weighted by molar-refractivity contribution is 9.11. The van der Waals surface area contributed by atoms with Crippen molar-refractivity contribution in [3.63, 3.8) is 0 Å². The van der Waals surface area contributed by atoms with Gasteiger partial charge in [-0.05, 0) is 81.0 Å². The number of piperazine rings is 1. The molecular formula is C26H34BrClN2O3. The predicted octanol–water partition coefficient (Wildman–Crippen LogP) is 6.48. The molecule has 0 aromatic heterocycles. The standard InChI is InChI=1S/C25H32BrClN2O2.CH2O/c1-6-20(26)15-18-7-8-19-16-21(27)9-10-22(19)23(17(18)2)28-11-13-29(14-12-28)24(30)31-25(3,4)5;1-2/h6,9-10,15-16,23H,1,7-8,11-14H2,2-5H3;1H2/b20-15+;. The number of benzene rings is 1. The van der Waals surface area contributed by atoms with Crippen LogP contribution < -0.4 is 0 Å². The molecule has 0 radical (unpaired) electrons. The van der Waals surface area contributed by atoms with Gasteiger partial charge in [0.05, 0.1) is 6.04 Å². The lowest BCUT2D eigenvalue weighted by Crippen LogP contribution is -2.51. The molecule has 33 heavy (non-hydrogen) atoms. The summed E-state index contributed by atoms with van der Waals surface area (Å²) >= 11 is 9.92. The van der Waals surface area contributed by atoms with E-state index in [1.807, 2.05) is 44.6 Å². The maximum absolute atomic E-state index is 12.5. The molecule has 1 aliphatic carbocycles. The van der Waals surface area contributed by atoms with Gasteiger partial charge in [0.2, 0.25) is 0 Å². The van der Waals surface area contributed by atoms with Gasteiger partial charge < -0.3 is 14.4 Å². The van der Waals surface area contributed by atoms with Crippen molar-refractivity contribution in [3.8, 4) is 0 Å². The molecular weight excluding hydrogens is 504 g/mol. The number of carbonyl (C=O) groups excluding carboxylic acids is 2. The number of aryl methyl sites for hydroxylation is 1. The van der Waals surface area contributed by atoms with Crippen LogP contribution in [0.25, 0.3) is 0 Å². The summed E-state index contributed by atoms with van der Waals surface area (Å²) in [7, 11) is 0. The molecule has 1 fully saturated rings. The van der Waals surface area contributed by atoms with E-state index < -0.39 is 5.60 Å². The molecule has 1 heterocycles. The molecule has 2 aliphatic rings. The van der Waals surface area contributed by atoms with Crippen molar-refractivity contribution >= 4 is 40.4 Å². The van der Waals surface area contributed by atoms with Gasteiger partial charge in [-0.3, -0.25) is 4.90 Å². The van der Waals surface area contributed by atoms with Crippen LogP contribution in [0.3, 0.4) is 0 Å². The monoisotopic (exact) mass is 536 g/mol. The van der Waals surface area contributed by atoms with Gasteiger partial charge in [0.15, 0.2) is 0 Å². The Morgan fingerprint density at radius 1 is 1.18 bits per heavy atom. The Morgan fingerprint density at radius 3 is 2.39 bits per heavy atom. The van der Waals surface area contributed by atoms with Crippen LogP contribution in [-0.2, 0) is 16.0 Å². The molecule has 1 atom stereocenters. The van der Waals surface area contributed by atoms with E-state index in [4.69, 9.17) is 21.1 Å². The number of nitrogens with zero attached hydrogens (tertiary/aromatic N) is 2. The number of hydrogen-bond acceptors (Lipinski definition) is 4. The van der Waals surface area contributed by atoms with Crippen molar-refractivity contribution < 1.29 is 14.3 Å². The first-order valence-electron chi connectivity index (χ1n) is 11.1. The fourth-order valence-corrected chi connectivity index (χ4v) is 4.78. The first-order chi connectivity index (χ1) is 15.6. The van der Waals surface area contributed by atoms with Crippen LogP contribution in [0.15, 0.2) is 52.6 Å². The first-order valence-corrected chi connectivity index (χ1v) is 12.2. The Bertz CT molecular complexity index is 928. The first kappa shape index (κ1) is 27.4. The third kappa shape index (κ3) is 7.29. The summed E-state index contributed by atoms with van der Waals surface area (Å²) < 4.78 is 6.55. The molecule has 7 heteroatoms. The molecule has 3 rings (SSSR count). The van der Waals surface area contributed by atoms with Gasteiger partial charge in [0.25, 0.3) is 0 Å². The molecule has 1 aromatic rings. The zero-order chi connectivity index (χ0) is 24.8. The Kier molecular flexibility index (Phi) is 9.95. The normalized spacial score (nSPS) is 19.8. The van der Waals surface area contributed by atoms with E-state index in [2.05, 4.69) is 52.5 Å². The maximum atomic E-state index is 12.5. The van der Waals surface area contributed by atoms with E-state index >= 15 is 0 Å². The lowest BCUT2D eigenvalue weighted by atomic mass is 9.93. The lowest BCUT2D eigenvalue weighted by molar-refractivity contribution is -0.0980. The SMILES string of the molecule is C=C/C(Br)=C\C1=C(C)C(N2CCN(C(=O)OC(C)(C)C)CC2)c2ccc(Cl)cc2CC1.C=O. The van der Waals surface area contributed by atoms with Gasteiger partial charge in [-0.2, -0.15) is 0 Å². The molecule has 1 aromatic carbocycles. The summed E-state index contributed by atoms with van der Waals surface area (Å²) in [6.45, 7) is 16.7. The number of fused-ring (bicyclic) bond motifs is 1. The molecule has 1 saturated heterocycles. The van der Waals surface area contributed by atoms with Gasteiger partial charge in [-0.15, -0.1) is 0 Å². The highest BCUT2D eigenvalue weighted by Gasteiger charge is 2.33. The average Bonchev–Trinajstić information content (AvgIpc) is 2.90. The van der Waals surface area contributed by atoms with Gasteiger partial charge in [-0.25, -0.2) is 4.79 Å².